The molecule has 0 spiro atoms. The molecule has 4 nitrogen and oxygen atoms in total. The zero-order chi connectivity index (χ0) is 12.3. The standard InChI is InChI=1S/C11H18N4S2/c1-7(2)8-5-10(15-12)14-11(13-8)9-6-16-3-4-17-9/h5,7,9H,3-4,6,12H2,1-2H3,(H,13,14,15). The normalized spacial score (nSPS) is 20.6. The van der Waals surface area contributed by atoms with Crippen LogP contribution in [0.2, 0.25) is 0 Å². The third-order valence-electron chi connectivity index (χ3n) is 2.61. The van der Waals surface area contributed by atoms with Gasteiger partial charge in [-0.2, -0.15) is 11.8 Å². The molecule has 1 aliphatic rings. The third-order valence-corrected chi connectivity index (χ3v) is 5.36. The van der Waals surface area contributed by atoms with Gasteiger partial charge in [-0.1, -0.05) is 13.8 Å². The van der Waals surface area contributed by atoms with Gasteiger partial charge in [0.25, 0.3) is 0 Å². The highest BCUT2D eigenvalue weighted by molar-refractivity contribution is 8.06. The summed E-state index contributed by atoms with van der Waals surface area (Å²) in [6.07, 6.45) is 0. The van der Waals surface area contributed by atoms with Crippen molar-refractivity contribution >= 4 is 29.3 Å². The Hall–Kier alpha value is -0.460. The lowest BCUT2D eigenvalue weighted by atomic mass is 10.1. The molecule has 0 saturated carbocycles. The Balaban J connectivity index is 2.28. The molecule has 1 aromatic heterocycles. The molecule has 0 aromatic carbocycles. The summed E-state index contributed by atoms with van der Waals surface area (Å²) in [5, 5.41) is 0.402. The molecule has 0 amide bonds. The van der Waals surface area contributed by atoms with Crippen LogP contribution in [0.1, 0.15) is 36.5 Å². The lowest BCUT2D eigenvalue weighted by molar-refractivity contribution is 0.784. The summed E-state index contributed by atoms with van der Waals surface area (Å²) in [4.78, 5) is 9.14. The number of hydrogen-bond donors (Lipinski definition) is 2. The molecule has 0 aliphatic carbocycles. The van der Waals surface area contributed by atoms with Gasteiger partial charge in [0.15, 0.2) is 0 Å². The second-order valence-electron chi connectivity index (χ2n) is 4.27. The van der Waals surface area contributed by atoms with E-state index in [2.05, 4.69) is 29.2 Å². The van der Waals surface area contributed by atoms with Gasteiger partial charge >= 0.3 is 0 Å². The van der Waals surface area contributed by atoms with Crippen LogP contribution < -0.4 is 11.3 Å². The van der Waals surface area contributed by atoms with Crippen molar-refractivity contribution in [2.45, 2.75) is 25.0 Å². The number of hydrazine groups is 1. The summed E-state index contributed by atoms with van der Waals surface area (Å²) >= 11 is 3.91. The molecule has 1 saturated heterocycles. The predicted octanol–water partition coefficient (Wildman–Crippen LogP) is 2.41. The molecule has 6 heteroatoms. The number of thioether (sulfide) groups is 2. The van der Waals surface area contributed by atoms with Crippen LogP contribution >= 0.6 is 23.5 Å². The van der Waals surface area contributed by atoms with Crippen molar-refractivity contribution < 1.29 is 0 Å². The summed E-state index contributed by atoms with van der Waals surface area (Å²) in [6.45, 7) is 4.27. The Kier molecular flexibility index (Phi) is 4.53. The molecule has 1 atom stereocenters. The van der Waals surface area contributed by atoms with Gasteiger partial charge in [0, 0.05) is 29.0 Å². The SMILES string of the molecule is CC(C)c1cc(NN)nc(C2CSCCS2)n1. The predicted molar refractivity (Wildman–Crippen MR) is 76.5 cm³/mol. The van der Waals surface area contributed by atoms with Crippen molar-refractivity contribution in [1.29, 1.82) is 0 Å². The topological polar surface area (TPSA) is 63.8 Å². The molecule has 0 bridgehead atoms. The van der Waals surface area contributed by atoms with Gasteiger partial charge < -0.3 is 5.43 Å². The first-order chi connectivity index (χ1) is 8.20. The highest BCUT2D eigenvalue weighted by atomic mass is 32.2. The van der Waals surface area contributed by atoms with E-state index in [1.807, 2.05) is 29.6 Å². The van der Waals surface area contributed by atoms with E-state index in [9.17, 15) is 0 Å². The number of nitrogens with two attached hydrogens (primary N) is 1. The maximum atomic E-state index is 5.47. The van der Waals surface area contributed by atoms with Crippen LogP contribution in [-0.2, 0) is 0 Å². The van der Waals surface area contributed by atoms with Crippen molar-refractivity contribution in [1.82, 2.24) is 9.97 Å². The average Bonchev–Trinajstić information content (AvgIpc) is 2.39. The van der Waals surface area contributed by atoms with E-state index < -0.39 is 0 Å². The van der Waals surface area contributed by atoms with Crippen LogP contribution in [0.3, 0.4) is 0 Å². The summed E-state index contributed by atoms with van der Waals surface area (Å²) in [7, 11) is 0. The van der Waals surface area contributed by atoms with Crippen LogP contribution in [0.15, 0.2) is 6.07 Å². The second-order valence-corrected chi connectivity index (χ2v) is 6.73. The van der Waals surface area contributed by atoms with Gasteiger partial charge in [0.1, 0.15) is 11.6 Å². The number of anilines is 1. The van der Waals surface area contributed by atoms with E-state index in [-0.39, 0.29) is 0 Å². The molecular weight excluding hydrogens is 252 g/mol. The fourth-order valence-electron chi connectivity index (χ4n) is 1.64. The van der Waals surface area contributed by atoms with Gasteiger partial charge in [0.05, 0.1) is 5.25 Å². The highest BCUT2D eigenvalue weighted by Crippen LogP contribution is 2.35. The molecule has 1 aliphatic heterocycles. The van der Waals surface area contributed by atoms with Crippen LogP contribution in [0, 0.1) is 0 Å². The minimum atomic E-state index is 0.394. The second kappa shape index (κ2) is 5.93. The van der Waals surface area contributed by atoms with E-state index in [0.717, 1.165) is 23.1 Å². The van der Waals surface area contributed by atoms with Crippen molar-refractivity contribution in [3.8, 4) is 0 Å². The first kappa shape index (κ1) is 13.0. The van der Waals surface area contributed by atoms with E-state index in [0.29, 0.717) is 11.2 Å². The third kappa shape index (κ3) is 3.26. The molecule has 3 N–H and O–H groups in total. The Labute approximate surface area is 111 Å². The number of nitrogens with zero attached hydrogens (tertiary/aromatic N) is 2. The fourth-order valence-corrected chi connectivity index (χ4v) is 4.23. The minimum Gasteiger partial charge on any atom is -0.308 e. The maximum Gasteiger partial charge on any atom is 0.144 e. The van der Waals surface area contributed by atoms with Crippen molar-refractivity contribution in [2.75, 3.05) is 22.7 Å². The van der Waals surface area contributed by atoms with E-state index in [1.165, 1.54) is 11.5 Å². The minimum absolute atomic E-state index is 0.394. The van der Waals surface area contributed by atoms with Gasteiger partial charge in [0.2, 0.25) is 0 Å². The zero-order valence-corrected chi connectivity index (χ0v) is 11.8. The molecule has 2 rings (SSSR count). The van der Waals surface area contributed by atoms with E-state index in [1.54, 1.807) is 0 Å². The number of aromatic nitrogens is 2. The zero-order valence-electron chi connectivity index (χ0n) is 10.1. The van der Waals surface area contributed by atoms with Crippen molar-refractivity contribution in [2.24, 2.45) is 5.84 Å². The fraction of sp³-hybridized carbons (Fsp3) is 0.636. The molecular formula is C11H18N4S2. The van der Waals surface area contributed by atoms with Crippen LogP contribution in [0.5, 0.6) is 0 Å². The van der Waals surface area contributed by atoms with E-state index in [4.69, 9.17) is 5.84 Å². The number of nitrogens with one attached hydrogen (secondary N) is 1. The summed E-state index contributed by atoms with van der Waals surface area (Å²) < 4.78 is 0. The molecule has 2 heterocycles. The average molecular weight is 270 g/mol. The molecule has 94 valence electrons. The smallest absolute Gasteiger partial charge is 0.144 e. The largest absolute Gasteiger partial charge is 0.308 e. The summed E-state index contributed by atoms with van der Waals surface area (Å²) in [6, 6.07) is 1.93. The Morgan fingerprint density at radius 2 is 2.24 bits per heavy atom. The maximum absolute atomic E-state index is 5.47. The molecule has 1 fully saturated rings. The lowest BCUT2D eigenvalue weighted by Gasteiger charge is -2.21. The number of hydrogen-bond acceptors (Lipinski definition) is 6. The monoisotopic (exact) mass is 270 g/mol. The van der Waals surface area contributed by atoms with E-state index >= 15 is 0 Å². The first-order valence-electron chi connectivity index (χ1n) is 5.75. The highest BCUT2D eigenvalue weighted by Gasteiger charge is 2.20. The van der Waals surface area contributed by atoms with Crippen molar-refractivity contribution in [3.05, 3.63) is 17.6 Å². The van der Waals surface area contributed by atoms with Gasteiger partial charge in [-0.05, 0) is 5.92 Å². The van der Waals surface area contributed by atoms with Crippen LogP contribution in [0.25, 0.3) is 0 Å². The Morgan fingerprint density at radius 1 is 1.41 bits per heavy atom. The Morgan fingerprint density at radius 3 is 2.82 bits per heavy atom. The number of rotatable bonds is 3. The quantitative estimate of drug-likeness (QED) is 0.649. The van der Waals surface area contributed by atoms with Crippen molar-refractivity contribution in [3.63, 3.8) is 0 Å². The van der Waals surface area contributed by atoms with Gasteiger partial charge in [-0.3, -0.25) is 0 Å². The Bertz CT molecular complexity index is 378. The molecule has 1 unspecified atom stereocenters. The van der Waals surface area contributed by atoms with Crippen LogP contribution in [0.4, 0.5) is 5.82 Å². The number of nitrogen functional groups attached to an aromatic ring is 1. The first-order valence-corrected chi connectivity index (χ1v) is 7.96. The van der Waals surface area contributed by atoms with Gasteiger partial charge in [-0.15, -0.1) is 11.8 Å². The molecule has 1 aromatic rings. The van der Waals surface area contributed by atoms with Gasteiger partial charge in [-0.25, -0.2) is 15.8 Å². The molecule has 17 heavy (non-hydrogen) atoms. The molecule has 0 radical (unpaired) electrons. The summed E-state index contributed by atoms with van der Waals surface area (Å²) in [5.41, 5.74) is 3.69. The summed E-state index contributed by atoms with van der Waals surface area (Å²) in [5.74, 6) is 11.0. The lowest BCUT2D eigenvalue weighted by Crippen LogP contribution is -2.15. The van der Waals surface area contributed by atoms with Crippen LogP contribution in [-0.4, -0.2) is 27.2 Å².